The van der Waals surface area contributed by atoms with Crippen LogP contribution in [-0.4, -0.2) is 23.5 Å². The molecule has 0 radical (unpaired) electrons. The van der Waals surface area contributed by atoms with Gasteiger partial charge in [-0.1, -0.05) is 11.6 Å². The molecule has 1 amide bonds. The number of allylic oxidation sites excluding steroid dienone is 1. The summed E-state index contributed by atoms with van der Waals surface area (Å²) in [6, 6.07) is 0. The maximum Gasteiger partial charge on any atom is 0.307 e. The molecule has 116 valence electrons. The fraction of sp³-hybridized carbons (Fsp3) is 0.765. The van der Waals surface area contributed by atoms with Crippen LogP contribution in [0.3, 0.4) is 0 Å². The van der Waals surface area contributed by atoms with Crippen LogP contribution in [0.1, 0.15) is 51.4 Å². The number of nitrogens with one attached hydrogen (secondary N) is 1. The molecule has 3 aliphatic rings. The second-order valence-corrected chi connectivity index (χ2v) is 6.87. The maximum absolute atomic E-state index is 12.4. The lowest BCUT2D eigenvalue weighted by Crippen LogP contribution is -2.41. The summed E-state index contributed by atoms with van der Waals surface area (Å²) in [7, 11) is 0. The lowest BCUT2D eigenvalue weighted by atomic mass is 9.78. The van der Waals surface area contributed by atoms with Gasteiger partial charge in [-0.3, -0.25) is 9.59 Å². The average molecular weight is 291 g/mol. The Hall–Kier alpha value is -1.32. The predicted octanol–water partition coefficient (Wildman–Crippen LogP) is 2.74. The number of hydrogen-bond acceptors (Lipinski definition) is 2. The molecule has 4 atom stereocenters. The zero-order valence-corrected chi connectivity index (χ0v) is 12.5. The van der Waals surface area contributed by atoms with Crippen molar-refractivity contribution in [1.82, 2.24) is 5.32 Å². The first-order valence-electron chi connectivity index (χ1n) is 8.35. The molecule has 3 aliphatic carbocycles. The van der Waals surface area contributed by atoms with Gasteiger partial charge in [-0.25, -0.2) is 0 Å². The molecule has 0 unspecified atom stereocenters. The van der Waals surface area contributed by atoms with Gasteiger partial charge in [0.2, 0.25) is 5.91 Å². The molecule has 2 saturated carbocycles. The lowest BCUT2D eigenvalue weighted by Gasteiger charge is -2.27. The third-order valence-electron chi connectivity index (χ3n) is 5.63. The van der Waals surface area contributed by atoms with Gasteiger partial charge in [-0.2, -0.15) is 0 Å². The van der Waals surface area contributed by atoms with Crippen LogP contribution in [0.5, 0.6) is 0 Å². The fourth-order valence-electron chi connectivity index (χ4n) is 4.62. The van der Waals surface area contributed by atoms with E-state index >= 15 is 0 Å². The molecule has 4 nitrogen and oxygen atoms in total. The summed E-state index contributed by atoms with van der Waals surface area (Å²) < 4.78 is 0. The zero-order valence-electron chi connectivity index (χ0n) is 12.5. The van der Waals surface area contributed by atoms with Gasteiger partial charge in [-0.15, -0.1) is 0 Å². The van der Waals surface area contributed by atoms with E-state index in [0.29, 0.717) is 12.5 Å². The Kier molecular flexibility index (Phi) is 4.32. The summed E-state index contributed by atoms with van der Waals surface area (Å²) in [6.07, 6.45) is 11.0. The van der Waals surface area contributed by atoms with Crippen molar-refractivity contribution in [2.75, 3.05) is 6.54 Å². The largest absolute Gasteiger partial charge is 0.481 e. The minimum absolute atomic E-state index is 0.0222. The molecule has 0 aromatic heterocycles. The van der Waals surface area contributed by atoms with Crippen molar-refractivity contribution in [2.45, 2.75) is 51.4 Å². The van der Waals surface area contributed by atoms with Gasteiger partial charge in [0.05, 0.1) is 11.8 Å². The van der Waals surface area contributed by atoms with Gasteiger partial charge in [0.25, 0.3) is 0 Å². The molecule has 3 rings (SSSR count). The summed E-state index contributed by atoms with van der Waals surface area (Å²) in [5, 5.41) is 12.4. The van der Waals surface area contributed by atoms with Gasteiger partial charge >= 0.3 is 5.97 Å². The summed E-state index contributed by atoms with van der Waals surface area (Å²) in [4.78, 5) is 23.8. The van der Waals surface area contributed by atoms with E-state index in [1.807, 2.05) is 0 Å². The minimum atomic E-state index is -0.780. The number of aliphatic carboxylic acids is 1. The fourth-order valence-corrected chi connectivity index (χ4v) is 4.62. The smallest absolute Gasteiger partial charge is 0.307 e. The van der Waals surface area contributed by atoms with Crippen LogP contribution in [0.25, 0.3) is 0 Å². The van der Waals surface area contributed by atoms with Gasteiger partial charge in [0, 0.05) is 6.54 Å². The van der Waals surface area contributed by atoms with Crippen LogP contribution in [-0.2, 0) is 9.59 Å². The van der Waals surface area contributed by atoms with E-state index in [1.165, 1.54) is 18.4 Å². The van der Waals surface area contributed by atoms with E-state index in [2.05, 4.69) is 11.4 Å². The van der Waals surface area contributed by atoms with Crippen molar-refractivity contribution in [2.24, 2.45) is 23.7 Å². The van der Waals surface area contributed by atoms with E-state index in [0.717, 1.165) is 38.5 Å². The van der Waals surface area contributed by atoms with Crippen molar-refractivity contribution in [3.05, 3.63) is 11.6 Å². The van der Waals surface area contributed by atoms with Crippen molar-refractivity contribution in [3.63, 3.8) is 0 Å². The number of carboxylic acids is 1. The first-order valence-corrected chi connectivity index (χ1v) is 8.35. The quantitative estimate of drug-likeness (QED) is 0.765. The van der Waals surface area contributed by atoms with Crippen LogP contribution < -0.4 is 5.32 Å². The van der Waals surface area contributed by atoms with Gasteiger partial charge in [-0.05, 0) is 63.2 Å². The number of hydrogen-bond donors (Lipinski definition) is 2. The molecule has 2 bridgehead atoms. The normalized spacial score (nSPS) is 34.6. The van der Waals surface area contributed by atoms with E-state index in [4.69, 9.17) is 0 Å². The number of amides is 1. The molecular weight excluding hydrogens is 266 g/mol. The Balaban J connectivity index is 1.52. The molecule has 0 saturated heterocycles. The summed E-state index contributed by atoms with van der Waals surface area (Å²) >= 11 is 0. The highest BCUT2D eigenvalue weighted by molar-refractivity contribution is 5.86. The first kappa shape index (κ1) is 14.6. The predicted molar refractivity (Wildman–Crippen MR) is 79.6 cm³/mol. The molecule has 0 aromatic carbocycles. The maximum atomic E-state index is 12.4. The van der Waals surface area contributed by atoms with Gasteiger partial charge in [0.15, 0.2) is 0 Å². The molecule has 21 heavy (non-hydrogen) atoms. The van der Waals surface area contributed by atoms with E-state index in [1.54, 1.807) is 0 Å². The number of rotatable bonds is 5. The highest BCUT2D eigenvalue weighted by Gasteiger charge is 2.53. The summed E-state index contributed by atoms with van der Waals surface area (Å²) in [5.74, 6) is -1.02. The SMILES string of the molecule is O=C(O)[C@@H]1[C@@H]2CC[C@@H](C2)[C@@H]1C(=O)NCCC1=CCCCC1. The number of carboxylic acid groups (broad SMARTS) is 1. The summed E-state index contributed by atoms with van der Waals surface area (Å²) in [5.41, 5.74) is 1.45. The number of carbonyl (C=O) groups is 2. The highest BCUT2D eigenvalue weighted by atomic mass is 16.4. The number of carbonyl (C=O) groups excluding carboxylic acids is 1. The highest BCUT2D eigenvalue weighted by Crippen LogP contribution is 2.52. The molecule has 0 aliphatic heterocycles. The Labute approximate surface area is 126 Å². The van der Waals surface area contributed by atoms with Crippen molar-refractivity contribution >= 4 is 11.9 Å². The monoisotopic (exact) mass is 291 g/mol. The van der Waals surface area contributed by atoms with Crippen molar-refractivity contribution in [3.8, 4) is 0 Å². The first-order chi connectivity index (χ1) is 10.2. The van der Waals surface area contributed by atoms with Crippen LogP contribution >= 0.6 is 0 Å². The van der Waals surface area contributed by atoms with Gasteiger partial charge < -0.3 is 10.4 Å². The molecule has 0 aromatic rings. The van der Waals surface area contributed by atoms with Crippen LogP contribution in [0, 0.1) is 23.7 Å². The zero-order chi connectivity index (χ0) is 14.8. The summed E-state index contributed by atoms with van der Waals surface area (Å²) in [6.45, 7) is 0.658. The second kappa shape index (κ2) is 6.20. The average Bonchev–Trinajstić information content (AvgIpc) is 3.08. The Morgan fingerprint density at radius 1 is 1.19 bits per heavy atom. The standard InChI is InChI=1S/C17H25NO3/c19-16(18-9-8-11-4-2-1-3-5-11)14-12-6-7-13(10-12)15(14)17(20)21/h4,12-15H,1-3,5-10H2,(H,18,19)(H,20,21)/t12-,13+,14-,15+/m0/s1. The molecule has 4 heteroatoms. The van der Waals surface area contributed by atoms with E-state index in [-0.39, 0.29) is 17.7 Å². The van der Waals surface area contributed by atoms with Crippen LogP contribution in [0.4, 0.5) is 0 Å². The minimum Gasteiger partial charge on any atom is -0.481 e. The molecule has 2 fully saturated rings. The molecule has 0 spiro atoms. The second-order valence-electron chi connectivity index (χ2n) is 6.87. The Morgan fingerprint density at radius 3 is 2.62 bits per heavy atom. The van der Waals surface area contributed by atoms with Crippen LogP contribution in [0.15, 0.2) is 11.6 Å². The third kappa shape index (κ3) is 2.99. The van der Waals surface area contributed by atoms with Crippen molar-refractivity contribution < 1.29 is 14.7 Å². The topological polar surface area (TPSA) is 66.4 Å². The molecule has 0 heterocycles. The van der Waals surface area contributed by atoms with E-state index < -0.39 is 11.9 Å². The Bertz CT molecular complexity index is 457. The van der Waals surface area contributed by atoms with E-state index in [9.17, 15) is 14.7 Å². The lowest BCUT2D eigenvalue weighted by molar-refractivity contribution is -0.149. The Morgan fingerprint density at radius 2 is 1.95 bits per heavy atom. The van der Waals surface area contributed by atoms with Crippen molar-refractivity contribution in [1.29, 1.82) is 0 Å². The van der Waals surface area contributed by atoms with Crippen LogP contribution in [0.2, 0.25) is 0 Å². The van der Waals surface area contributed by atoms with Gasteiger partial charge in [0.1, 0.15) is 0 Å². The molecular formula is C17H25NO3. The number of fused-ring (bicyclic) bond motifs is 2. The third-order valence-corrected chi connectivity index (χ3v) is 5.63. The molecule has 2 N–H and O–H groups in total.